The van der Waals surface area contributed by atoms with E-state index in [1.807, 2.05) is 6.92 Å². The van der Waals surface area contributed by atoms with Crippen LogP contribution in [-0.4, -0.2) is 28.9 Å². The van der Waals surface area contributed by atoms with Crippen molar-refractivity contribution >= 4 is 23.3 Å². The lowest BCUT2D eigenvalue weighted by Gasteiger charge is -2.13. The summed E-state index contributed by atoms with van der Waals surface area (Å²) in [6, 6.07) is 6.42. The molecule has 0 fully saturated rings. The van der Waals surface area contributed by atoms with E-state index in [4.69, 9.17) is 9.26 Å². The molecule has 1 aromatic carbocycles. The SMILES string of the molecule is CC(=O)Nc1ccc(C(=O)[C@H](C)OC(=O)CCc2c(C)noc2C)cc1. The molecule has 2 rings (SSSR count). The van der Waals surface area contributed by atoms with Gasteiger partial charge in [-0.15, -0.1) is 0 Å². The molecule has 7 nitrogen and oxygen atoms in total. The van der Waals surface area contributed by atoms with Crippen LogP contribution >= 0.6 is 0 Å². The van der Waals surface area contributed by atoms with Gasteiger partial charge < -0.3 is 14.6 Å². The van der Waals surface area contributed by atoms with Crippen LogP contribution < -0.4 is 5.32 Å². The van der Waals surface area contributed by atoms with E-state index in [1.165, 1.54) is 13.8 Å². The number of ketones is 1. The van der Waals surface area contributed by atoms with E-state index in [2.05, 4.69) is 10.5 Å². The standard InChI is InChI=1S/C19H22N2O5/c1-11-17(12(2)26-21-11)9-10-18(23)25-13(3)19(24)15-5-7-16(8-6-15)20-14(4)22/h5-8,13H,9-10H2,1-4H3,(H,20,22)/t13-/m0/s1. The van der Waals surface area contributed by atoms with Crippen molar-refractivity contribution in [2.24, 2.45) is 0 Å². The smallest absolute Gasteiger partial charge is 0.306 e. The number of esters is 1. The van der Waals surface area contributed by atoms with Gasteiger partial charge in [0.2, 0.25) is 11.7 Å². The third kappa shape index (κ3) is 5.02. The number of hydrogen-bond acceptors (Lipinski definition) is 6. The number of anilines is 1. The van der Waals surface area contributed by atoms with Gasteiger partial charge in [0.25, 0.3) is 0 Å². The zero-order valence-corrected chi connectivity index (χ0v) is 15.3. The van der Waals surface area contributed by atoms with Crippen molar-refractivity contribution in [3.8, 4) is 0 Å². The maximum absolute atomic E-state index is 12.4. The number of amides is 1. The second-order valence-electron chi connectivity index (χ2n) is 6.06. The molecule has 7 heteroatoms. The molecule has 0 aliphatic heterocycles. The summed E-state index contributed by atoms with van der Waals surface area (Å²) in [7, 11) is 0. The van der Waals surface area contributed by atoms with E-state index < -0.39 is 12.1 Å². The predicted octanol–water partition coefficient (Wildman–Crippen LogP) is 3.00. The van der Waals surface area contributed by atoms with Gasteiger partial charge in [-0.25, -0.2) is 0 Å². The van der Waals surface area contributed by atoms with E-state index in [0.29, 0.717) is 23.4 Å². The Hall–Kier alpha value is -2.96. The molecule has 26 heavy (non-hydrogen) atoms. The first-order valence-electron chi connectivity index (χ1n) is 8.31. The summed E-state index contributed by atoms with van der Waals surface area (Å²) in [5, 5.41) is 6.46. The Morgan fingerprint density at radius 2 is 1.85 bits per heavy atom. The molecule has 1 aromatic heterocycles. The van der Waals surface area contributed by atoms with E-state index in [0.717, 1.165) is 11.3 Å². The molecule has 1 N–H and O–H groups in total. The molecule has 0 saturated heterocycles. The number of ether oxygens (including phenoxy) is 1. The Balaban J connectivity index is 1.89. The van der Waals surface area contributed by atoms with Crippen LogP contribution in [0.3, 0.4) is 0 Å². The molecule has 0 saturated carbocycles. The number of rotatable bonds is 7. The van der Waals surface area contributed by atoms with Crippen molar-refractivity contribution in [3.63, 3.8) is 0 Å². The zero-order valence-electron chi connectivity index (χ0n) is 15.3. The van der Waals surface area contributed by atoms with Crippen molar-refractivity contribution in [3.05, 3.63) is 46.8 Å². The van der Waals surface area contributed by atoms with Gasteiger partial charge in [-0.2, -0.15) is 0 Å². The second kappa shape index (κ2) is 8.42. The quantitative estimate of drug-likeness (QED) is 0.603. The molecule has 1 amide bonds. The minimum absolute atomic E-state index is 0.141. The lowest BCUT2D eigenvalue weighted by atomic mass is 10.1. The van der Waals surface area contributed by atoms with Crippen molar-refractivity contribution in [2.75, 3.05) is 5.32 Å². The fraction of sp³-hybridized carbons (Fsp3) is 0.368. The molecule has 0 radical (unpaired) electrons. The molecule has 0 bridgehead atoms. The van der Waals surface area contributed by atoms with Crippen LogP contribution in [0.5, 0.6) is 0 Å². The van der Waals surface area contributed by atoms with E-state index >= 15 is 0 Å². The van der Waals surface area contributed by atoms with Crippen LogP contribution in [-0.2, 0) is 20.7 Å². The number of hydrogen-bond donors (Lipinski definition) is 1. The highest BCUT2D eigenvalue weighted by molar-refractivity contribution is 6.00. The summed E-state index contributed by atoms with van der Waals surface area (Å²) in [6.45, 7) is 6.55. The molecule has 1 atom stereocenters. The Morgan fingerprint density at radius 3 is 2.38 bits per heavy atom. The number of aromatic nitrogens is 1. The highest BCUT2D eigenvalue weighted by Crippen LogP contribution is 2.16. The van der Waals surface area contributed by atoms with Crippen LogP contribution in [0.25, 0.3) is 0 Å². The highest BCUT2D eigenvalue weighted by atomic mass is 16.5. The summed E-state index contributed by atoms with van der Waals surface area (Å²) in [6.07, 6.45) is -0.298. The van der Waals surface area contributed by atoms with Gasteiger partial charge in [0, 0.05) is 30.2 Å². The molecule has 2 aromatic rings. The summed E-state index contributed by atoms with van der Waals surface area (Å²) in [5.41, 5.74) is 2.64. The largest absolute Gasteiger partial charge is 0.454 e. The minimum atomic E-state index is -0.890. The maximum atomic E-state index is 12.4. The number of nitrogens with zero attached hydrogens (tertiary/aromatic N) is 1. The monoisotopic (exact) mass is 358 g/mol. The molecule has 0 aliphatic carbocycles. The van der Waals surface area contributed by atoms with E-state index in [1.54, 1.807) is 31.2 Å². The Morgan fingerprint density at radius 1 is 1.19 bits per heavy atom. The summed E-state index contributed by atoms with van der Waals surface area (Å²) in [5.74, 6) is -0.269. The van der Waals surface area contributed by atoms with Crippen LogP contribution in [0, 0.1) is 13.8 Å². The van der Waals surface area contributed by atoms with Gasteiger partial charge >= 0.3 is 5.97 Å². The van der Waals surface area contributed by atoms with Crippen LogP contribution in [0.2, 0.25) is 0 Å². The molecule has 138 valence electrons. The lowest BCUT2D eigenvalue weighted by molar-refractivity contribution is -0.146. The van der Waals surface area contributed by atoms with Gasteiger partial charge in [-0.3, -0.25) is 14.4 Å². The van der Waals surface area contributed by atoms with Gasteiger partial charge in [0.15, 0.2) is 6.10 Å². The van der Waals surface area contributed by atoms with Crippen molar-refractivity contribution in [2.45, 2.75) is 46.6 Å². The predicted molar refractivity (Wildman–Crippen MR) is 94.9 cm³/mol. The number of carbonyl (C=O) groups is 3. The van der Waals surface area contributed by atoms with E-state index in [-0.39, 0.29) is 18.1 Å². The fourth-order valence-electron chi connectivity index (χ4n) is 2.55. The number of nitrogens with one attached hydrogen (secondary N) is 1. The summed E-state index contributed by atoms with van der Waals surface area (Å²) in [4.78, 5) is 35.4. The first kappa shape index (κ1) is 19.4. The molecule has 1 heterocycles. The lowest BCUT2D eigenvalue weighted by Crippen LogP contribution is -2.24. The van der Waals surface area contributed by atoms with Crippen LogP contribution in [0.1, 0.15) is 47.6 Å². The van der Waals surface area contributed by atoms with Gasteiger partial charge in [0.1, 0.15) is 5.76 Å². The molecule has 0 spiro atoms. The second-order valence-corrected chi connectivity index (χ2v) is 6.06. The number of benzene rings is 1. The minimum Gasteiger partial charge on any atom is -0.454 e. The molecule has 0 aliphatic rings. The van der Waals surface area contributed by atoms with Crippen LogP contribution in [0.15, 0.2) is 28.8 Å². The topological polar surface area (TPSA) is 98.5 Å². The first-order chi connectivity index (χ1) is 12.3. The Kier molecular flexibility index (Phi) is 6.27. The third-order valence-electron chi connectivity index (χ3n) is 3.93. The van der Waals surface area contributed by atoms with Gasteiger partial charge in [-0.1, -0.05) is 5.16 Å². The summed E-state index contributed by atoms with van der Waals surface area (Å²) >= 11 is 0. The Bertz CT molecular complexity index is 788. The highest BCUT2D eigenvalue weighted by Gasteiger charge is 2.20. The summed E-state index contributed by atoms with van der Waals surface area (Å²) < 4.78 is 10.3. The fourth-order valence-corrected chi connectivity index (χ4v) is 2.55. The van der Waals surface area contributed by atoms with Crippen molar-refractivity contribution in [1.82, 2.24) is 5.16 Å². The van der Waals surface area contributed by atoms with Crippen LogP contribution in [0.4, 0.5) is 5.69 Å². The molecule has 0 unspecified atom stereocenters. The number of Topliss-reactive ketones (excluding diaryl/α,β-unsaturated/α-hetero) is 1. The molecular formula is C19H22N2O5. The number of aryl methyl sites for hydroxylation is 2. The van der Waals surface area contributed by atoms with Crippen molar-refractivity contribution < 1.29 is 23.6 Å². The average Bonchev–Trinajstić information content (AvgIpc) is 2.90. The van der Waals surface area contributed by atoms with Crippen molar-refractivity contribution in [1.29, 1.82) is 0 Å². The van der Waals surface area contributed by atoms with Gasteiger partial charge in [-0.05, 0) is 51.5 Å². The maximum Gasteiger partial charge on any atom is 0.306 e. The normalized spacial score (nSPS) is 11.7. The number of carbonyl (C=O) groups excluding carboxylic acids is 3. The van der Waals surface area contributed by atoms with Gasteiger partial charge in [0.05, 0.1) is 5.69 Å². The average molecular weight is 358 g/mol. The Labute approximate surface area is 151 Å². The zero-order chi connectivity index (χ0) is 19.3. The molecular weight excluding hydrogens is 336 g/mol. The first-order valence-corrected chi connectivity index (χ1v) is 8.31. The third-order valence-corrected chi connectivity index (χ3v) is 3.93. The van der Waals surface area contributed by atoms with E-state index in [9.17, 15) is 14.4 Å².